The van der Waals surface area contributed by atoms with Gasteiger partial charge in [-0.15, -0.1) is 0 Å². The van der Waals surface area contributed by atoms with Crippen LogP contribution >= 0.6 is 0 Å². The summed E-state index contributed by atoms with van der Waals surface area (Å²) in [5.41, 5.74) is 2.36. The summed E-state index contributed by atoms with van der Waals surface area (Å²) in [6.45, 7) is 10.7. The van der Waals surface area contributed by atoms with Crippen LogP contribution in [-0.2, 0) is 14.4 Å². The van der Waals surface area contributed by atoms with E-state index in [2.05, 4.69) is 9.97 Å². The zero-order valence-electron chi connectivity index (χ0n) is 20.6. The molecule has 1 aliphatic heterocycles. The minimum atomic E-state index is -0.761. The van der Waals surface area contributed by atoms with E-state index in [9.17, 15) is 18.8 Å². The zero-order chi connectivity index (χ0) is 24.8. The fourth-order valence-electron chi connectivity index (χ4n) is 5.54. The van der Waals surface area contributed by atoms with Gasteiger partial charge in [0.15, 0.2) is 11.6 Å². The molecule has 0 bridgehead atoms. The van der Waals surface area contributed by atoms with Gasteiger partial charge in [-0.25, -0.2) is 14.4 Å². The van der Waals surface area contributed by atoms with Crippen LogP contribution in [0, 0.1) is 30.5 Å². The van der Waals surface area contributed by atoms with Crippen molar-refractivity contribution in [3.05, 3.63) is 47.0 Å². The molecule has 1 aliphatic carbocycles. The van der Waals surface area contributed by atoms with Crippen LogP contribution in [0.3, 0.4) is 0 Å². The van der Waals surface area contributed by atoms with Crippen LogP contribution < -0.4 is 0 Å². The number of benzene rings is 1. The molecular weight excluding hydrogens is 433 g/mol. The second-order valence-corrected chi connectivity index (χ2v) is 11.0. The van der Waals surface area contributed by atoms with Crippen molar-refractivity contribution < 1.29 is 18.8 Å². The summed E-state index contributed by atoms with van der Waals surface area (Å²) < 4.78 is 13.2. The van der Waals surface area contributed by atoms with E-state index in [0.29, 0.717) is 44.6 Å². The van der Waals surface area contributed by atoms with Gasteiger partial charge in [0.05, 0.1) is 12.4 Å². The maximum atomic E-state index is 13.4. The largest absolute Gasteiger partial charge is 0.342 e. The van der Waals surface area contributed by atoms with Crippen molar-refractivity contribution in [2.45, 2.75) is 66.2 Å². The standard InChI is InChI=1S/C27H32FN3O3/c1-16-10-18(24-29-14-19(28)15-30-24)11-17(2)22(16)23-20(32)12-27(13-21(23)33)6-8-31(9-7-27)25(34)26(3,4)5/h10-11,14-15,23H,6-9,12-13H2,1-5H3. The second-order valence-electron chi connectivity index (χ2n) is 11.0. The van der Waals surface area contributed by atoms with E-state index in [1.165, 1.54) is 0 Å². The number of hydrogen-bond acceptors (Lipinski definition) is 5. The van der Waals surface area contributed by atoms with Gasteiger partial charge in [0.1, 0.15) is 17.5 Å². The number of piperidine rings is 1. The van der Waals surface area contributed by atoms with Crippen molar-refractivity contribution in [1.82, 2.24) is 14.9 Å². The molecular formula is C27H32FN3O3. The number of halogens is 1. The number of amides is 1. The topological polar surface area (TPSA) is 80.2 Å². The van der Waals surface area contributed by atoms with Gasteiger partial charge in [-0.3, -0.25) is 14.4 Å². The summed E-state index contributed by atoms with van der Waals surface area (Å²) in [5.74, 6) is -0.827. The van der Waals surface area contributed by atoms with E-state index in [-0.39, 0.29) is 22.9 Å². The first-order valence-electron chi connectivity index (χ1n) is 11.8. The van der Waals surface area contributed by atoms with E-state index < -0.39 is 17.2 Å². The number of likely N-dealkylation sites (tertiary alicyclic amines) is 1. The molecule has 0 unspecified atom stereocenters. The Labute approximate surface area is 200 Å². The molecule has 1 saturated carbocycles. The number of hydrogen-bond donors (Lipinski definition) is 0. The van der Waals surface area contributed by atoms with E-state index in [0.717, 1.165) is 34.6 Å². The zero-order valence-corrected chi connectivity index (χ0v) is 20.6. The highest BCUT2D eigenvalue weighted by Crippen LogP contribution is 2.47. The number of aryl methyl sites for hydroxylation is 2. The van der Waals surface area contributed by atoms with Gasteiger partial charge in [-0.05, 0) is 60.9 Å². The van der Waals surface area contributed by atoms with Crippen LogP contribution in [0.1, 0.15) is 69.1 Å². The number of ketones is 2. The smallest absolute Gasteiger partial charge is 0.227 e. The van der Waals surface area contributed by atoms with Crippen molar-refractivity contribution in [1.29, 1.82) is 0 Å². The summed E-state index contributed by atoms with van der Waals surface area (Å²) >= 11 is 0. The van der Waals surface area contributed by atoms with E-state index in [1.807, 2.05) is 51.7 Å². The van der Waals surface area contributed by atoms with E-state index >= 15 is 0 Å². The first-order chi connectivity index (χ1) is 15.9. The minimum absolute atomic E-state index is 0.0381. The Morgan fingerprint density at radius 1 is 1.00 bits per heavy atom. The van der Waals surface area contributed by atoms with Crippen molar-refractivity contribution in [3.8, 4) is 11.4 Å². The molecule has 1 amide bonds. The Hall–Kier alpha value is -2.96. The summed E-state index contributed by atoms with van der Waals surface area (Å²) in [6.07, 6.45) is 4.32. The Bertz CT molecular complexity index is 1100. The van der Waals surface area contributed by atoms with E-state index in [4.69, 9.17) is 0 Å². The first kappa shape index (κ1) is 24.2. The third-order valence-electron chi connectivity index (χ3n) is 7.26. The molecule has 0 atom stereocenters. The fourth-order valence-corrected chi connectivity index (χ4v) is 5.54. The number of rotatable bonds is 2. The molecule has 2 fully saturated rings. The van der Waals surface area contributed by atoms with Gasteiger partial charge >= 0.3 is 0 Å². The fraction of sp³-hybridized carbons (Fsp3) is 0.519. The molecule has 2 heterocycles. The van der Waals surface area contributed by atoms with Crippen molar-refractivity contribution in [2.24, 2.45) is 10.8 Å². The van der Waals surface area contributed by atoms with Crippen LogP contribution in [-0.4, -0.2) is 45.4 Å². The lowest BCUT2D eigenvalue weighted by Gasteiger charge is -2.45. The minimum Gasteiger partial charge on any atom is -0.342 e. The average molecular weight is 466 g/mol. The lowest BCUT2D eigenvalue weighted by molar-refractivity contribution is -0.144. The molecule has 34 heavy (non-hydrogen) atoms. The van der Waals surface area contributed by atoms with Gasteiger partial charge in [-0.2, -0.15) is 0 Å². The maximum Gasteiger partial charge on any atom is 0.227 e. The number of nitrogens with zero attached hydrogens (tertiary/aromatic N) is 3. The van der Waals surface area contributed by atoms with Crippen LogP contribution in [0.15, 0.2) is 24.5 Å². The number of carbonyl (C=O) groups excluding carboxylic acids is 3. The quantitative estimate of drug-likeness (QED) is 0.607. The number of carbonyl (C=O) groups is 3. The highest BCUT2D eigenvalue weighted by atomic mass is 19.1. The molecule has 2 aliphatic rings. The van der Waals surface area contributed by atoms with E-state index in [1.54, 1.807) is 0 Å². The van der Waals surface area contributed by atoms with Gasteiger partial charge in [-0.1, -0.05) is 20.8 Å². The Kier molecular flexibility index (Phi) is 6.17. The summed E-state index contributed by atoms with van der Waals surface area (Å²) in [6, 6.07) is 3.72. The normalized spacial score (nSPS) is 19.1. The second kappa shape index (κ2) is 8.67. The molecule has 7 heteroatoms. The third-order valence-corrected chi connectivity index (χ3v) is 7.26. The Morgan fingerprint density at radius 3 is 1.97 bits per heavy atom. The summed E-state index contributed by atoms with van der Waals surface area (Å²) in [7, 11) is 0. The molecule has 1 aromatic heterocycles. The molecule has 6 nitrogen and oxygen atoms in total. The summed E-state index contributed by atoms with van der Waals surface area (Å²) in [4.78, 5) is 49.4. The van der Waals surface area contributed by atoms with Gasteiger partial charge in [0.2, 0.25) is 5.91 Å². The lowest BCUT2D eigenvalue weighted by Crippen LogP contribution is -2.50. The molecule has 1 spiro atoms. The van der Waals surface area contributed by atoms with Crippen LogP contribution in [0.4, 0.5) is 4.39 Å². The van der Waals surface area contributed by atoms with Crippen molar-refractivity contribution in [2.75, 3.05) is 13.1 Å². The predicted octanol–water partition coefficient (Wildman–Crippen LogP) is 4.57. The highest BCUT2D eigenvalue weighted by Gasteiger charge is 2.48. The molecule has 4 rings (SSSR count). The number of Topliss-reactive ketones (excluding diaryl/α,β-unsaturated/α-hetero) is 2. The molecule has 1 saturated heterocycles. The third kappa shape index (κ3) is 4.52. The molecule has 1 aromatic carbocycles. The number of aromatic nitrogens is 2. The SMILES string of the molecule is Cc1cc(-c2ncc(F)cn2)cc(C)c1C1C(=O)CC2(CCN(C(=O)C(C)(C)C)CC2)CC1=O. The molecule has 2 aromatic rings. The maximum absolute atomic E-state index is 13.4. The van der Waals surface area contributed by atoms with Gasteiger partial charge in [0, 0.05) is 36.9 Å². The Balaban J connectivity index is 1.54. The van der Waals surface area contributed by atoms with Gasteiger partial charge < -0.3 is 4.90 Å². The highest BCUT2D eigenvalue weighted by molar-refractivity contribution is 6.10. The van der Waals surface area contributed by atoms with Crippen LogP contribution in [0.2, 0.25) is 0 Å². The van der Waals surface area contributed by atoms with Crippen LogP contribution in [0.25, 0.3) is 11.4 Å². The molecule has 180 valence electrons. The monoisotopic (exact) mass is 465 g/mol. The lowest BCUT2D eigenvalue weighted by atomic mass is 9.62. The molecule has 0 radical (unpaired) electrons. The predicted molar refractivity (Wildman–Crippen MR) is 127 cm³/mol. The summed E-state index contributed by atoms with van der Waals surface area (Å²) in [5, 5.41) is 0. The molecule has 0 N–H and O–H groups in total. The van der Waals surface area contributed by atoms with Gasteiger partial charge in [0.25, 0.3) is 0 Å². The first-order valence-corrected chi connectivity index (χ1v) is 11.8. The Morgan fingerprint density at radius 2 is 1.50 bits per heavy atom. The van der Waals surface area contributed by atoms with Crippen molar-refractivity contribution in [3.63, 3.8) is 0 Å². The van der Waals surface area contributed by atoms with Crippen LogP contribution in [0.5, 0.6) is 0 Å². The van der Waals surface area contributed by atoms with Crippen molar-refractivity contribution >= 4 is 17.5 Å². The average Bonchev–Trinajstić information content (AvgIpc) is 2.75.